The molecule has 0 amide bonds. The van der Waals surface area contributed by atoms with E-state index in [0.29, 0.717) is 12.2 Å². The van der Waals surface area contributed by atoms with Crippen molar-refractivity contribution >= 4 is 17.6 Å². The Balaban J connectivity index is 2.72. The van der Waals surface area contributed by atoms with Crippen molar-refractivity contribution in [3.8, 4) is 0 Å². The van der Waals surface area contributed by atoms with E-state index in [-0.39, 0.29) is 11.9 Å². The van der Waals surface area contributed by atoms with Crippen LogP contribution in [-0.2, 0) is 6.18 Å². The Hall–Kier alpha value is -2.51. The Bertz CT molecular complexity index is 558. The maximum Gasteiger partial charge on any atom is 0.416 e. The zero-order valence-electron chi connectivity index (χ0n) is 11.4. The summed E-state index contributed by atoms with van der Waals surface area (Å²) in [5, 5.41) is 2.62. The number of alkyl halides is 3. The van der Waals surface area contributed by atoms with Gasteiger partial charge < -0.3 is 16.8 Å². The van der Waals surface area contributed by atoms with E-state index in [4.69, 9.17) is 11.5 Å². The van der Waals surface area contributed by atoms with E-state index in [9.17, 15) is 13.2 Å². The van der Waals surface area contributed by atoms with Gasteiger partial charge in [-0.3, -0.25) is 0 Å². The van der Waals surface area contributed by atoms with Crippen LogP contribution in [0.25, 0.3) is 0 Å². The molecule has 0 aliphatic rings. The number of guanidine groups is 2. The molecule has 1 aromatic rings. The lowest BCUT2D eigenvalue weighted by molar-refractivity contribution is -0.137. The summed E-state index contributed by atoms with van der Waals surface area (Å²) in [6.45, 7) is 5.76. The van der Waals surface area contributed by atoms with Crippen LogP contribution in [0.4, 0.5) is 18.9 Å². The van der Waals surface area contributed by atoms with Crippen LogP contribution < -0.4 is 16.8 Å². The van der Waals surface area contributed by atoms with E-state index in [0.717, 1.165) is 17.7 Å². The lowest BCUT2D eigenvalue weighted by Gasteiger charge is -2.09. The largest absolute Gasteiger partial charge is 0.416 e. The molecule has 0 aromatic heterocycles. The minimum absolute atomic E-state index is 0.0464. The molecule has 21 heavy (non-hydrogen) atoms. The smallest absolute Gasteiger partial charge is 0.369 e. The van der Waals surface area contributed by atoms with Crippen molar-refractivity contribution in [1.29, 1.82) is 0 Å². The number of nitrogens with two attached hydrogens (primary N) is 2. The molecule has 0 saturated carbocycles. The van der Waals surface area contributed by atoms with Crippen molar-refractivity contribution in [3.05, 3.63) is 42.0 Å². The van der Waals surface area contributed by atoms with Gasteiger partial charge in [0.15, 0.2) is 0 Å². The first-order valence-corrected chi connectivity index (χ1v) is 5.91. The summed E-state index contributed by atoms with van der Waals surface area (Å²) in [6, 6.07) is 4.36. The highest BCUT2D eigenvalue weighted by molar-refractivity contribution is 6.00. The zero-order valence-corrected chi connectivity index (χ0v) is 11.4. The number of rotatable bonds is 3. The van der Waals surface area contributed by atoms with Crippen molar-refractivity contribution in [2.24, 2.45) is 21.5 Å². The second-order valence-corrected chi connectivity index (χ2v) is 4.33. The fourth-order valence-corrected chi connectivity index (χ4v) is 1.29. The second-order valence-electron chi connectivity index (χ2n) is 4.33. The summed E-state index contributed by atoms with van der Waals surface area (Å²) in [7, 11) is 0. The van der Waals surface area contributed by atoms with E-state index in [1.54, 1.807) is 6.92 Å². The Kier molecular flexibility index (Phi) is 5.34. The summed E-state index contributed by atoms with van der Waals surface area (Å²) < 4.78 is 37.2. The molecule has 1 aromatic carbocycles. The van der Waals surface area contributed by atoms with Crippen LogP contribution in [0.15, 0.2) is 46.4 Å². The van der Waals surface area contributed by atoms with Crippen molar-refractivity contribution in [1.82, 2.24) is 0 Å². The number of benzene rings is 1. The van der Waals surface area contributed by atoms with Gasteiger partial charge in [-0.15, -0.1) is 0 Å². The first-order chi connectivity index (χ1) is 9.68. The van der Waals surface area contributed by atoms with Crippen LogP contribution in [-0.4, -0.2) is 18.5 Å². The third-order valence-electron chi connectivity index (χ3n) is 2.23. The van der Waals surface area contributed by atoms with Crippen LogP contribution in [0.3, 0.4) is 0 Å². The molecule has 5 N–H and O–H groups in total. The van der Waals surface area contributed by atoms with Crippen molar-refractivity contribution in [2.45, 2.75) is 13.1 Å². The number of anilines is 1. The van der Waals surface area contributed by atoms with E-state index < -0.39 is 11.7 Å². The van der Waals surface area contributed by atoms with Crippen LogP contribution in [0, 0.1) is 0 Å². The normalized spacial score (nSPS) is 13.1. The van der Waals surface area contributed by atoms with Crippen molar-refractivity contribution < 1.29 is 13.2 Å². The molecule has 0 unspecified atom stereocenters. The van der Waals surface area contributed by atoms with Gasteiger partial charge in [-0.2, -0.15) is 18.2 Å². The summed E-state index contributed by atoms with van der Waals surface area (Å²) in [6.07, 6.45) is -4.38. The number of hydrogen-bond acceptors (Lipinski definition) is 1. The second kappa shape index (κ2) is 6.78. The Morgan fingerprint density at radius 2 is 1.81 bits per heavy atom. The minimum atomic E-state index is -4.38. The minimum Gasteiger partial charge on any atom is -0.369 e. The van der Waals surface area contributed by atoms with Gasteiger partial charge in [0.1, 0.15) is 0 Å². The van der Waals surface area contributed by atoms with E-state index >= 15 is 0 Å². The van der Waals surface area contributed by atoms with Crippen molar-refractivity contribution in [2.75, 3.05) is 11.9 Å². The predicted molar refractivity (Wildman–Crippen MR) is 78.0 cm³/mol. The zero-order chi connectivity index (χ0) is 16.0. The number of hydrogen-bond donors (Lipinski definition) is 3. The molecular formula is C13H16F3N5. The van der Waals surface area contributed by atoms with Gasteiger partial charge in [-0.25, -0.2) is 4.99 Å². The Morgan fingerprint density at radius 3 is 2.29 bits per heavy atom. The number of nitrogens with one attached hydrogen (secondary N) is 1. The Labute approximate surface area is 120 Å². The van der Waals surface area contributed by atoms with Gasteiger partial charge in [0.25, 0.3) is 0 Å². The van der Waals surface area contributed by atoms with Crippen LogP contribution in [0.2, 0.25) is 0 Å². The first kappa shape index (κ1) is 16.5. The van der Waals surface area contributed by atoms with Crippen LogP contribution in [0.1, 0.15) is 12.5 Å². The van der Waals surface area contributed by atoms with Crippen LogP contribution >= 0.6 is 0 Å². The molecule has 0 spiro atoms. The van der Waals surface area contributed by atoms with Gasteiger partial charge in [0, 0.05) is 5.69 Å². The lowest BCUT2D eigenvalue weighted by atomic mass is 10.2. The molecule has 0 aliphatic heterocycles. The fourth-order valence-electron chi connectivity index (χ4n) is 1.29. The van der Waals surface area contributed by atoms with Crippen LogP contribution in [0.5, 0.6) is 0 Å². The number of nitrogens with zero attached hydrogens (tertiary/aromatic N) is 2. The predicted octanol–water partition coefficient (Wildman–Crippen LogP) is 2.32. The molecule has 0 heterocycles. The molecule has 8 heteroatoms. The number of aliphatic imine (C=N–C) groups is 2. The standard InChI is InChI=1S/C13H16F3N5/c1-8(2)7-19-11(17)21-12(18)20-10-5-3-9(4-6-10)13(14,15)16/h3-6H,1,7H2,2H3,(H5,17,18,19,20,21). The monoisotopic (exact) mass is 299 g/mol. The molecular weight excluding hydrogens is 283 g/mol. The highest BCUT2D eigenvalue weighted by atomic mass is 19.4. The van der Waals surface area contributed by atoms with Gasteiger partial charge in [-0.1, -0.05) is 12.2 Å². The van der Waals surface area contributed by atoms with Crippen molar-refractivity contribution in [3.63, 3.8) is 0 Å². The molecule has 0 bridgehead atoms. The third kappa shape index (κ3) is 5.98. The molecule has 5 nitrogen and oxygen atoms in total. The number of halogens is 3. The SMILES string of the molecule is C=C(C)CN=C(N)N=C(N)Nc1ccc(C(F)(F)F)cc1. The lowest BCUT2D eigenvalue weighted by Crippen LogP contribution is -2.26. The van der Waals surface area contributed by atoms with Gasteiger partial charge >= 0.3 is 6.18 Å². The van der Waals surface area contributed by atoms with Gasteiger partial charge in [0.05, 0.1) is 12.1 Å². The average molecular weight is 299 g/mol. The third-order valence-corrected chi connectivity index (χ3v) is 2.23. The quantitative estimate of drug-likeness (QED) is 0.454. The molecule has 0 atom stereocenters. The van der Waals surface area contributed by atoms with E-state index in [1.807, 2.05) is 0 Å². The molecule has 114 valence electrons. The topological polar surface area (TPSA) is 88.8 Å². The highest BCUT2D eigenvalue weighted by Crippen LogP contribution is 2.29. The van der Waals surface area contributed by atoms with Gasteiger partial charge in [0.2, 0.25) is 11.9 Å². The molecule has 0 radical (unpaired) electrons. The first-order valence-electron chi connectivity index (χ1n) is 5.91. The summed E-state index contributed by atoms with van der Waals surface area (Å²) >= 11 is 0. The summed E-state index contributed by atoms with van der Waals surface area (Å²) in [4.78, 5) is 7.65. The average Bonchev–Trinajstić information content (AvgIpc) is 2.35. The molecule has 0 aliphatic carbocycles. The van der Waals surface area contributed by atoms with E-state index in [2.05, 4.69) is 21.9 Å². The summed E-state index contributed by atoms with van der Waals surface area (Å²) in [5.74, 6) is -0.118. The fraction of sp³-hybridized carbons (Fsp3) is 0.231. The molecule has 1 rings (SSSR count). The summed E-state index contributed by atoms with van der Waals surface area (Å²) in [5.41, 5.74) is 11.5. The highest BCUT2D eigenvalue weighted by Gasteiger charge is 2.29. The molecule has 0 saturated heterocycles. The maximum atomic E-state index is 12.4. The Morgan fingerprint density at radius 1 is 1.24 bits per heavy atom. The van der Waals surface area contributed by atoms with Gasteiger partial charge in [-0.05, 0) is 31.2 Å². The molecule has 0 fully saturated rings. The van der Waals surface area contributed by atoms with E-state index in [1.165, 1.54) is 12.1 Å². The maximum absolute atomic E-state index is 12.4.